The van der Waals surface area contributed by atoms with E-state index in [9.17, 15) is 0 Å². The van der Waals surface area contributed by atoms with Crippen LogP contribution >= 0.6 is 0 Å². The van der Waals surface area contributed by atoms with Gasteiger partial charge in [0.25, 0.3) is 0 Å². The van der Waals surface area contributed by atoms with Gasteiger partial charge in [-0.15, -0.1) is 0 Å². The van der Waals surface area contributed by atoms with Crippen molar-refractivity contribution in [2.24, 2.45) is 23.2 Å². The Morgan fingerprint density at radius 3 is 0.818 bits per heavy atom. The van der Waals surface area contributed by atoms with E-state index in [4.69, 9.17) is 15.3 Å². The first kappa shape index (κ1) is 40.1. The largest absolute Gasteiger partial charge is 0.396 e. The Kier molecular flexibility index (Phi) is 38.7. The van der Waals surface area contributed by atoms with Gasteiger partial charge in [0, 0.05) is 5.41 Å². The third-order valence-corrected chi connectivity index (χ3v) is 7.00. The van der Waals surface area contributed by atoms with Gasteiger partial charge in [-0.25, -0.2) is 0 Å². The first-order valence-electron chi connectivity index (χ1n) is 14.5. The molecular formula is C30H68O3. The van der Waals surface area contributed by atoms with Gasteiger partial charge in [0.05, 0.1) is 19.8 Å². The van der Waals surface area contributed by atoms with Gasteiger partial charge in [-0.3, -0.25) is 0 Å². The quantitative estimate of drug-likeness (QED) is 0.208. The average Bonchev–Trinajstić information content (AvgIpc) is 2.87. The summed E-state index contributed by atoms with van der Waals surface area (Å²) in [6, 6.07) is 0. The van der Waals surface area contributed by atoms with Crippen LogP contribution in [0.2, 0.25) is 0 Å². The Morgan fingerprint density at radius 2 is 0.727 bits per heavy atom. The van der Waals surface area contributed by atoms with Crippen molar-refractivity contribution < 1.29 is 15.3 Å². The van der Waals surface area contributed by atoms with Gasteiger partial charge in [-0.2, -0.15) is 0 Å². The number of unbranched alkanes of at least 4 members (excludes halogenated alkanes) is 3. The zero-order valence-corrected chi connectivity index (χ0v) is 24.9. The minimum absolute atomic E-state index is 0.156. The first-order valence-corrected chi connectivity index (χ1v) is 14.5. The highest BCUT2D eigenvalue weighted by Crippen LogP contribution is 2.18. The number of aliphatic hydroxyl groups excluding tert-OH is 3. The van der Waals surface area contributed by atoms with E-state index in [0.717, 1.165) is 17.8 Å². The lowest BCUT2D eigenvalue weighted by Crippen LogP contribution is -2.32. The van der Waals surface area contributed by atoms with E-state index in [2.05, 4.69) is 62.3 Å². The normalized spacial score (nSPS) is 13.4. The minimum Gasteiger partial charge on any atom is -0.396 e. The second-order valence-corrected chi connectivity index (χ2v) is 10.3. The van der Waals surface area contributed by atoms with Crippen LogP contribution in [0.4, 0.5) is 0 Å². The molecule has 0 aliphatic carbocycles. The van der Waals surface area contributed by atoms with Gasteiger partial charge in [-0.05, 0) is 24.2 Å². The van der Waals surface area contributed by atoms with E-state index in [-0.39, 0.29) is 19.8 Å². The van der Waals surface area contributed by atoms with E-state index in [1.165, 1.54) is 77.0 Å². The Labute approximate surface area is 211 Å². The molecule has 0 spiro atoms. The molecule has 0 aliphatic heterocycles. The highest BCUT2D eigenvalue weighted by atomic mass is 16.3. The van der Waals surface area contributed by atoms with Crippen LogP contribution < -0.4 is 0 Å². The first-order chi connectivity index (χ1) is 15.7. The average molecular weight is 477 g/mol. The summed E-state index contributed by atoms with van der Waals surface area (Å²) in [6.07, 6.45) is 17.2. The molecule has 33 heavy (non-hydrogen) atoms. The van der Waals surface area contributed by atoms with Crippen molar-refractivity contribution in [3.63, 3.8) is 0 Å². The molecule has 0 amide bonds. The fourth-order valence-corrected chi connectivity index (χ4v) is 2.76. The molecule has 0 saturated heterocycles. The predicted molar refractivity (Wildman–Crippen MR) is 151 cm³/mol. The van der Waals surface area contributed by atoms with Crippen LogP contribution in [0.25, 0.3) is 0 Å². The summed E-state index contributed by atoms with van der Waals surface area (Å²) in [4.78, 5) is 0. The summed E-state index contributed by atoms with van der Waals surface area (Å²) in [6.45, 7) is 21.9. The summed E-state index contributed by atoms with van der Waals surface area (Å²) < 4.78 is 0. The molecule has 0 bridgehead atoms. The van der Waals surface area contributed by atoms with Crippen LogP contribution in [0.15, 0.2) is 0 Å². The van der Waals surface area contributed by atoms with Gasteiger partial charge < -0.3 is 15.3 Å². The molecular weight excluding hydrogens is 408 g/mol. The lowest BCUT2D eigenvalue weighted by Gasteiger charge is -2.24. The Hall–Kier alpha value is -0.120. The maximum atomic E-state index is 8.66. The Morgan fingerprint density at radius 1 is 0.485 bits per heavy atom. The van der Waals surface area contributed by atoms with Gasteiger partial charge in [0.15, 0.2) is 0 Å². The highest BCUT2D eigenvalue weighted by Gasteiger charge is 2.24. The second kappa shape index (κ2) is 31.9. The molecule has 0 aliphatic rings. The molecule has 3 heteroatoms. The van der Waals surface area contributed by atoms with Crippen molar-refractivity contribution in [3.05, 3.63) is 0 Å². The zero-order chi connectivity index (χ0) is 26.5. The van der Waals surface area contributed by atoms with Crippen LogP contribution in [0.5, 0.6) is 0 Å². The molecule has 3 unspecified atom stereocenters. The van der Waals surface area contributed by atoms with Crippen molar-refractivity contribution in [2.75, 3.05) is 19.8 Å². The summed E-state index contributed by atoms with van der Waals surface area (Å²) in [5, 5.41) is 26.0. The van der Waals surface area contributed by atoms with E-state index in [1.807, 2.05) is 6.92 Å². The zero-order valence-electron chi connectivity index (χ0n) is 24.9. The fourth-order valence-electron chi connectivity index (χ4n) is 2.76. The molecule has 0 heterocycles. The molecule has 206 valence electrons. The highest BCUT2D eigenvalue weighted by molar-refractivity contribution is 4.74. The Bertz CT molecular complexity index is 265. The number of hydrogen-bond acceptors (Lipinski definition) is 3. The lowest BCUT2D eigenvalue weighted by atomic mass is 9.88. The summed E-state index contributed by atoms with van der Waals surface area (Å²) in [7, 11) is 0. The molecule has 3 nitrogen and oxygen atoms in total. The summed E-state index contributed by atoms with van der Waals surface area (Å²) in [5.74, 6) is 2.86. The van der Waals surface area contributed by atoms with Crippen molar-refractivity contribution >= 4 is 0 Å². The van der Waals surface area contributed by atoms with Gasteiger partial charge in [0.2, 0.25) is 0 Å². The molecule has 0 aromatic rings. The van der Waals surface area contributed by atoms with Crippen LogP contribution in [0.1, 0.15) is 153 Å². The van der Waals surface area contributed by atoms with E-state index < -0.39 is 5.41 Å². The van der Waals surface area contributed by atoms with Crippen molar-refractivity contribution in [3.8, 4) is 0 Å². The monoisotopic (exact) mass is 477 g/mol. The van der Waals surface area contributed by atoms with Crippen LogP contribution in [0, 0.1) is 23.2 Å². The van der Waals surface area contributed by atoms with Crippen molar-refractivity contribution in [1.29, 1.82) is 0 Å². The van der Waals surface area contributed by atoms with Crippen LogP contribution in [-0.2, 0) is 0 Å². The third-order valence-electron chi connectivity index (χ3n) is 7.00. The predicted octanol–water partition coefficient (Wildman–Crippen LogP) is 9.03. The van der Waals surface area contributed by atoms with Crippen LogP contribution in [0.3, 0.4) is 0 Å². The lowest BCUT2D eigenvalue weighted by molar-refractivity contribution is 0.00304. The molecule has 0 rings (SSSR count). The van der Waals surface area contributed by atoms with Gasteiger partial charge >= 0.3 is 0 Å². The third kappa shape index (κ3) is 31.9. The molecule has 3 N–H and O–H groups in total. The summed E-state index contributed by atoms with van der Waals surface area (Å²) in [5.41, 5.74) is -0.667. The second-order valence-electron chi connectivity index (χ2n) is 10.3. The maximum Gasteiger partial charge on any atom is 0.0531 e. The fraction of sp³-hybridized carbons (Fsp3) is 1.00. The van der Waals surface area contributed by atoms with Gasteiger partial charge in [-0.1, -0.05) is 146 Å². The molecule has 0 saturated carbocycles. The van der Waals surface area contributed by atoms with E-state index in [1.54, 1.807) is 0 Å². The molecule has 0 fully saturated rings. The van der Waals surface area contributed by atoms with Gasteiger partial charge in [0.1, 0.15) is 0 Å². The Balaban J connectivity index is -0.000000170. The maximum absolute atomic E-state index is 8.66. The number of aliphatic hydroxyl groups is 3. The topological polar surface area (TPSA) is 60.7 Å². The SMILES string of the molecule is CCC(CO)(CO)CO.CCCCC(C)CC.CCCCC(C)CC.CCCCC(C)CC. The molecule has 0 aromatic carbocycles. The van der Waals surface area contributed by atoms with Crippen molar-refractivity contribution in [2.45, 2.75) is 153 Å². The van der Waals surface area contributed by atoms with E-state index in [0.29, 0.717) is 6.42 Å². The summed E-state index contributed by atoms with van der Waals surface area (Å²) >= 11 is 0. The minimum atomic E-state index is -0.667. The van der Waals surface area contributed by atoms with Crippen LogP contribution in [-0.4, -0.2) is 35.1 Å². The van der Waals surface area contributed by atoms with E-state index >= 15 is 0 Å². The number of rotatable bonds is 16. The molecule has 3 atom stereocenters. The van der Waals surface area contributed by atoms with Crippen molar-refractivity contribution in [1.82, 2.24) is 0 Å². The molecule has 0 radical (unpaired) electrons. The molecule has 0 aromatic heterocycles. The standard InChI is InChI=1S/3C8H18.C6H14O3/c3*1-4-6-7-8(3)5-2;1-2-6(3-7,4-8)5-9/h3*8H,4-7H2,1-3H3;7-9H,2-5H2,1H3. The number of hydrogen-bond donors (Lipinski definition) is 3. The smallest absolute Gasteiger partial charge is 0.0531 e.